The summed E-state index contributed by atoms with van der Waals surface area (Å²) in [4.78, 5) is 14.9. The predicted octanol–water partition coefficient (Wildman–Crippen LogP) is 2.91. The first-order chi connectivity index (χ1) is 11.3. The number of carbonyl (C=O) groups is 1. The minimum atomic E-state index is -0.541. The van der Waals surface area contributed by atoms with Crippen molar-refractivity contribution in [1.29, 1.82) is 0 Å². The van der Waals surface area contributed by atoms with Crippen LogP contribution in [0.2, 0.25) is 0 Å². The third-order valence-electron chi connectivity index (χ3n) is 5.80. The number of aliphatic hydroxyl groups excluding tert-OH is 1. The molecule has 1 unspecified atom stereocenters. The van der Waals surface area contributed by atoms with E-state index in [0.29, 0.717) is 12.8 Å². The Balaban J connectivity index is 1.86. The molecule has 1 aromatic carbocycles. The van der Waals surface area contributed by atoms with Crippen LogP contribution >= 0.6 is 0 Å². The molecule has 1 amide bonds. The van der Waals surface area contributed by atoms with Gasteiger partial charge in [-0.1, -0.05) is 18.2 Å². The van der Waals surface area contributed by atoms with Gasteiger partial charge in [-0.2, -0.15) is 0 Å². The molecule has 2 aliphatic heterocycles. The van der Waals surface area contributed by atoms with Gasteiger partial charge in [0, 0.05) is 5.41 Å². The molecular weight excluding hydrogens is 304 g/mol. The number of nitrogens with zero attached hydrogens (tertiary/aromatic N) is 1. The Morgan fingerprint density at radius 1 is 1.33 bits per heavy atom. The second-order valence-electron chi connectivity index (χ2n) is 8.35. The summed E-state index contributed by atoms with van der Waals surface area (Å²) in [5, 5.41) is 14.0. The monoisotopic (exact) mass is 330 g/mol. The molecule has 3 aliphatic rings. The van der Waals surface area contributed by atoms with E-state index in [-0.39, 0.29) is 17.6 Å². The number of hydrogen-bond acceptors (Lipinski definition) is 4. The second kappa shape index (κ2) is 4.96. The smallest absolute Gasteiger partial charge is 0.416 e. The summed E-state index contributed by atoms with van der Waals surface area (Å²) in [6, 6.07) is 8.10. The lowest BCUT2D eigenvalue weighted by Gasteiger charge is -2.49. The second-order valence-corrected chi connectivity index (χ2v) is 8.35. The molecular formula is C19H26N2O3. The standard InChI is InChI=1S/C19H26N2O3/c1-17(2,3)24-16(23)21-15-7-5-4-6-14(15)18-10-11-20-19(18,21)9-8-13(22)12-18/h4-7,13,20,22H,8-12H2,1-3H3/t13?,18-,19-/m1/s1. The highest BCUT2D eigenvalue weighted by Gasteiger charge is 2.68. The minimum absolute atomic E-state index is 0.224. The molecule has 0 spiro atoms. The van der Waals surface area contributed by atoms with Crippen LogP contribution in [0.3, 0.4) is 0 Å². The first-order valence-corrected chi connectivity index (χ1v) is 8.85. The van der Waals surface area contributed by atoms with Crippen LogP contribution in [0.5, 0.6) is 0 Å². The molecule has 1 saturated heterocycles. The Bertz CT molecular complexity index is 683. The van der Waals surface area contributed by atoms with E-state index < -0.39 is 11.3 Å². The number of nitrogens with one attached hydrogen (secondary N) is 1. The Labute approximate surface area is 143 Å². The van der Waals surface area contributed by atoms with Crippen molar-refractivity contribution >= 4 is 11.8 Å². The largest absolute Gasteiger partial charge is 0.443 e. The zero-order valence-electron chi connectivity index (χ0n) is 14.6. The van der Waals surface area contributed by atoms with Gasteiger partial charge in [0.1, 0.15) is 11.3 Å². The van der Waals surface area contributed by atoms with Crippen LogP contribution in [0.4, 0.5) is 10.5 Å². The van der Waals surface area contributed by atoms with Crippen LogP contribution in [0.25, 0.3) is 0 Å². The Hall–Kier alpha value is -1.59. The normalized spacial score (nSPS) is 34.5. The summed E-state index contributed by atoms with van der Waals surface area (Å²) >= 11 is 0. The Kier molecular flexibility index (Phi) is 3.29. The number of para-hydroxylation sites is 1. The average molecular weight is 330 g/mol. The molecule has 2 N–H and O–H groups in total. The molecule has 0 radical (unpaired) electrons. The molecule has 0 bridgehead atoms. The number of fused-ring (bicyclic) bond motifs is 1. The van der Waals surface area contributed by atoms with Gasteiger partial charge in [0.05, 0.1) is 11.8 Å². The van der Waals surface area contributed by atoms with Crippen molar-refractivity contribution in [2.45, 2.75) is 69.2 Å². The molecule has 5 heteroatoms. The number of ether oxygens (including phenoxy) is 1. The number of anilines is 1. The van der Waals surface area contributed by atoms with Gasteiger partial charge in [0.15, 0.2) is 0 Å². The van der Waals surface area contributed by atoms with Gasteiger partial charge in [0.2, 0.25) is 0 Å². The summed E-state index contributed by atoms with van der Waals surface area (Å²) in [6.07, 6.45) is 2.44. The number of amides is 1. The van der Waals surface area contributed by atoms with E-state index in [4.69, 9.17) is 4.74 Å². The van der Waals surface area contributed by atoms with Gasteiger partial charge < -0.3 is 9.84 Å². The summed E-state index contributed by atoms with van der Waals surface area (Å²) in [5.74, 6) is 0. The maximum Gasteiger partial charge on any atom is 0.416 e. The Morgan fingerprint density at radius 3 is 2.83 bits per heavy atom. The van der Waals surface area contributed by atoms with Crippen molar-refractivity contribution in [2.24, 2.45) is 0 Å². The molecule has 4 rings (SSSR count). The number of carbonyl (C=O) groups excluding carboxylic acids is 1. The summed E-state index contributed by atoms with van der Waals surface area (Å²) in [6.45, 7) is 6.53. The molecule has 2 heterocycles. The summed E-state index contributed by atoms with van der Waals surface area (Å²) in [5.41, 5.74) is 0.851. The molecule has 3 atom stereocenters. The van der Waals surface area contributed by atoms with E-state index in [2.05, 4.69) is 11.4 Å². The topological polar surface area (TPSA) is 61.8 Å². The average Bonchev–Trinajstić information content (AvgIpc) is 2.96. The SMILES string of the molecule is CC(C)(C)OC(=O)N1c2ccccc2[C@]23CCN[C@]12CCC(O)C3. The van der Waals surface area contributed by atoms with Crippen LogP contribution < -0.4 is 10.2 Å². The van der Waals surface area contributed by atoms with Crippen LogP contribution in [-0.4, -0.2) is 35.1 Å². The molecule has 5 nitrogen and oxygen atoms in total. The fourth-order valence-electron chi connectivity index (χ4n) is 5.05. The lowest BCUT2D eigenvalue weighted by Crippen LogP contribution is -2.66. The zero-order chi connectivity index (χ0) is 17.2. The number of benzene rings is 1. The van der Waals surface area contributed by atoms with Crippen molar-refractivity contribution in [2.75, 3.05) is 11.4 Å². The zero-order valence-corrected chi connectivity index (χ0v) is 14.6. The van der Waals surface area contributed by atoms with Gasteiger partial charge in [0.25, 0.3) is 0 Å². The molecule has 1 aliphatic carbocycles. The molecule has 24 heavy (non-hydrogen) atoms. The van der Waals surface area contributed by atoms with Crippen LogP contribution in [0.15, 0.2) is 24.3 Å². The maximum atomic E-state index is 13.1. The van der Waals surface area contributed by atoms with Crippen molar-refractivity contribution in [3.63, 3.8) is 0 Å². The third kappa shape index (κ3) is 1.97. The number of aliphatic hydroxyl groups is 1. The van der Waals surface area contributed by atoms with Crippen molar-refractivity contribution in [3.05, 3.63) is 29.8 Å². The first kappa shape index (κ1) is 15.9. The first-order valence-electron chi connectivity index (χ1n) is 8.85. The van der Waals surface area contributed by atoms with E-state index in [9.17, 15) is 9.90 Å². The van der Waals surface area contributed by atoms with E-state index in [1.165, 1.54) is 5.56 Å². The van der Waals surface area contributed by atoms with Crippen LogP contribution in [0.1, 0.15) is 52.0 Å². The fraction of sp³-hybridized carbons (Fsp3) is 0.632. The van der Waals surface area contributed by atoms with E-state index >= 15 is 0 Å². The Morgan fingerprint density at radius 2 is 2.08 bits per heavy atom. The highest BCUT2D eigenvalue weighted by Crippen LogP contribution is 2.61. The quantitative estimate of drug-likeness (QED) is 0.768. The van der Waals surface area contributed by atoms with Gasteiger partial charge in [-0.05, 0) is 64.6 Å². The van der Waals surface area contributed by atoms with Gasteiger partial charge >= 0.3 is 6.09 Å². The lowest BCUT2D eigenvalue weighted by atomic mass is 9.63. The molecule has 130 valence electrons. The van der Waals surface area contributed by atoms with Crippen molar-refractivity contribution in [1.82, 2.24) is 5.32 Å². The molecule has 2 fully saturated rings. The van der Waals surface area contributed by atoms with E-state index in [1.54, 1.807) is 0 Å². The number of rotatable bonds is 0. The van der Waals surface area contributed by atoms with E-state index in [1.807, 2.05) is 43.9 Å². The molecule has 1 aromatic rings. The highest BCUT2D eigenvalue weighted by atomic mass is 16.6. The van der Waals surface area contributed by atoms with Gasteiger partial charge in [-0.3, -0.25) is 10.2 Å². The minimum Gasteiger partial charge on any atom is -0.443 e. The van der Waals surface area contributed by atoms with Gasteiger partial charge in [-0.15, -0.1) is 0 Å². The predicted molar refractivity (Wildman–Crippen MR) is 92.0 cm³/mol. The lowest BCUT2D eigenvalue weighted by molar-refractivity contribution is 0.0255. The van der Waals surface area contributed by atoms with Gasteiger partial charge in [-0.25, -0.2) is 4.79 Å². The van der Waals surface area contributed by atoms with Crippen molar-refractivity contribution < 1.29 is 14.6 Å². The van der Waals surface area contributed by atoms with Crippen LogP contribution in [0, 0.1) is 0 Å². The maximum absolute atomic E-state index is 13.1. The fourth-order valence-corrected chi connectivity index (χ4v) is 5.05. The molecule has 0 aromatic heterocycles. The van der Waals surface area contributed by atoms with Crippen LogP contribution in [-0.2, 0) is 10.2 Å². The third-order valence-corrected chi connectivity index (χ3v) is 5.80. The number of hydrogen-bond donors (Lipinski definition) is 2. The van der Waals surface area contributed by atoms with E-state index in [0.717, 1.165) is 25.1 Å². The van der Waals surface area contributed by atoms with Crippen molar-refractivity contribution in [3.8, 4) is 0 Å². The summed E-state index contributed by atoms with van der Waals surface area (Å²) < 4.78 is 5.74. The highest BCUT2D eigenvalue weighted by molar-refractivity contribution is 5.94. The summed E-state index contributed by atoms with van der Waals surface area (Å²) in [7, 11) is 0. The molecule has 1 saturated carbocycles.